The molecule has 3 heteroatoms. The van der Waals surface area contributed by atoms with E-state index in [0.29, 0.717) is 6.04 Å². The van der Waals surface area contributed by atoms with E-state index in [1.807, 2.05) is 6.92 Å². The normalized spacial score (nSPS) is 12.9. The van der Waals surface area contributed by atoms with Gasteiger partial charge < -0.3 is 5.32 Å². The lowest BCUT2D eigenvalue weighted by Crippen LogP contribution is -2.31. The summed E-state index contributed by atoms with van der Waals surface area (Å²) in [5.74, 6) is 0.0502. The lowest BCUT2D eigenvalue weighted by atomic mass is 10.4. The summed E-state index contributed by atoms with van der Waals surface area (Å²) in [6.45, 7) is 3.51. The Morgan fingerprint density at radius 3 is 2.50 bits per heavy atom. The number of alkyl halides is 1. The summed E-state index contributed by atoms with van der Waals surface area (Å²) in [6.07, 6.45) is 0. The van der Waals surface area contributed by atoms with Gasteiger partial charge in [-0.15, -0.1) is 0 Å². The molecular weight excluding hydrogens is 217 g/mol. The number of halogens is 1. The van der Waals surface area contributed by atoms with Gasteiger partial charge in [-0.1, -0.05) is 22.6 Å². The van der Waals surface area contributed by atoms with Crippen LogP contribution in [-0.4, -0.2) is 16.4 Å². The Labute approximate surface area is 63.2 Å². The summed E-state index contributed by atoms with van der Waals surface area (Å²) >= 11 is 2.23. The molecule has 8 heavy (non-hydrogen) atoms. The predicted octanol–water partition coefficient (Wildman–Crippen LogP) is 0.946. The van der Waals surface area contributed by atoms with Gasteiger partial charge in [0.15, 0.2) is 0 Å². The highest BCUT2D eigenvalue weighted by Crippen LogP contribution is 1.87. The van der Waals surface area contributed by atoms with Crippen molar-refractivity contribution in [2.75, 3.05) is 4.43 Å². The number of hydrogen-bond donors (Lipinski definition) is 1. The monoisotopic (exact) mass is 227 g/mol. The molecule has 0 aromatic carbocycles. The summed E-state index contributed by atoms with van der Waals surface area (Å²) in [5, 5.41) is 2.75. The third kappa shape index (κ3) is 4.36. The summed E-state index contributed by atoms with van der Waals surface area (Å²) in [7, 11) is 0. The zero-order chi connectivity index (χ0) is 6.57. The molecule has 1 N–H and O–H groups in total. The Morgan fingerprint density at radius 2 is 2.38 bits per heavy atom. The quantitative estimate of drug-likeness (QED) is 0.552. The Hall–Kier alpha value is 0.200. The molecule has 0 heterocycles. The fourth-order valence-corrected chi connectivity index (χ4v) is 0.606. The summed E-state index contributed by atoms with van der Waals surface area (Å²) in [6, 6.07) is 0.313. The minimum atomic E-state index is 0.0502. The maximum absolute atomic E-state index is 10.3. The Morgan fingerprint density at radius 1 is 1.88 bits per heavy atom. The average molecular weight is 227 g/mol. The van der Waals surface area contributed by atoms with Crippen LogP contribution in [0.1, 0.15) is 13.8 Å². The number of hydrogen-bond acceptors (Lipinski definition) is 1. The van der Waals surface area contributed by atoms with Gasteiger partial charge in [0.1, 0.15) is 0 Å². The second kappa shape index (κ2) is 4.12. The van der Waals surface area contributed by atoms with E-state index in [4.69, 9.17) is 0 Å². The average Bonchev–Trinajstić information content (AvgIpc) is 1.65. The topological polar surface area (TPSA) is 29.1 Å². The molecule has 0 aliphatic heterocycles. The molecule has 0 radical (unpaired) electrons. The van der Waals surface area contributed by atoms with Crippen LogP contribution < -0.4 is 5.32 Å². The maximum Gasteiger partial charge on any atom is 0.217 e. The Balaban J connectivity index is 3.24. The number of carbonyl (C=O) groups excluding carboxylic acids is 1. The first-order chi connectivity index (χ1) is 3.66. The van der Waals surface area contributed by atoms with E-state index in [9.17, 15) is 4.79 Å². The highest BCUT2D eigenvalue weighted by molar-refractivity contribution is 14.1. The molecule has 1 atom stereocenters. The molecule has 1 amide bonds. The van der Waals surface area contributed by atoms with E-state index in [1.54, 1.807) is 0 Å². The number of rotatable bonds is 2. The van der Waals surface area contributed by atoms with Crippen LogP contribution in [0.2, 0.25) is 0 Å². The molecule has 0 rings (SSSR count). The van der Waals surface area contributed by atoms with Crippen molar-refractivity contribution in [1.29, 1.82) is 0 Å². The van der Waals surface area contributed by atoms with E-state index in [-0.39, 0.29) is 5.91 Å². The fourth-order valence-electron chi connectivity index (χ4n) is 0.386. The summed E-state index contributed by atoms with van der Waals surface area (Å²) in [5.41, 5.74) is 0. The zero-order valence-corrected chi connectivity index (χ0v) is 7.23. The van der Waals surface area contributed by atoms with E-state index < -0.39 is 0 Å². The van der Waals surface area contributed by atoms with Gasteiger partial charge >= 0.3 is 0 Å². The van der Waals surface area contributed by atoms with E-state index in [0.717, 1.165) is 4.43 Å². The lowest BCUT2D eigenvalue weighted by molar-refractivity contribution is -0.119. The first-order valence-corrected chi connectivity index (χ1v) is 4.02. The van der Waals surface area contributed by atoms with E-state index >= 15 is 0 Å². The smallest absolute Gasteiger partial charge is 0.217 e. The first-order valence-electron chi connectivity index (χ1n) is 2.50. The highest BCUT2D eigenvalue weighted by Gasteiger charge is 1.97. The zero-order valence-electron chi connectivity index (χ0n) is 5.07. The van der Waals surface area contributed by atoms with Crippen LogP contribution in [0.15, 0.2) is 0 Å². The van der Waals surface area contributed by atoms with Gasteiger partial charge in [-0.3, -0.25) is 4.79 Å². The van der Waals surface area contributed by atoms with Crippen LogP contribution in [0.4, 0.5) is 0 Å². The van der Waals surface area contributed by atoms with Gasteiger partial charge in [0.25, 0.3) is 0 Å². The molecule has 0 saturated carbocycles. The van der Waals surface area contributed by atoms with Crippen molar-refractivity contribution in [3.8, 4) is 0 Å². The van der Waals surface area contributed by atoms with Crippen molar-refractivity contribution < 1.29 is 4.79 Å². The number of nitrogens with one attached hydrogen (secondary N) is 1. The van der Waals surface area contributed by atoms with Crippen LogP contribution in [0.5, 0.6) is 0 Å². The molecule has 0 fully saturated rings. The summed E-state index contributed by atoms with van der Waals surface area (Å²) in [4.78, 5) is 10.3. The van der Waals surface area contributed by atoms with Crippen LogP contribution in [-0.2, 0) is 4.79 Å². The second-order valence-electron chi connectivity index (χ2n) is 1.76. The van der Waals surface area contributed by atoms with Crippen LogP contribution >= 0.6 is 22.6 Å². The van der Waals surface area contributed by atoms with Crippen molar-refractivity contribution in [3.63, 3.8) is 0 Å². The van der Waals surface area contributed by atoms with Gasteiger partial charge in [0.2, 0.25) is 5.91 Å². The maximum atomic E-state index is 10.3. The molecule has 1 unspecified atom stereocenters. The molecule has 0 aromatic heterocycles. The van der Waals surface area contributed by atoms with Crippen molar-refractivity contribution in [3.05, 3.63) is 0 Å². The second-order valence-corrected chi connectivity index (χ2v) is 2.64. The minimum absolute atomic E-state index is 0.0502. The van der Waals surface area contributed by atoms with Crippen molar-refractivity contribution in [2.24, 2.45) is 0 Å². The van der Waals surface area contributed by atoms with Gasteiger partial charge in [-0.05, 0) is 6.92 Å². The van der Waals surface area contributed by atoms with Gasteiger partial charge in [-0.2, -0.15) is 0 Å². The molecule has 0 bridgehead atoms. The van der Waals surface area contributed by atoms with Gasteiger partial charge in [0, 0.05) is 17.4 Å². The van der Waals surface area contributed by atoms with Crippen LogP contribution in [0.25, 0.3) is 0 Å². The molecule has 0 aliphatic carbocycles. The van der Waals surface area contributed by atoms with Crippen molar-refractivity contribution in [2.45, 2.75) is 19.9 Å². The first kappa shape index (κ1) is 8.20. The molecule has 48 valence electrons. The number of carbonyl (C=O) groups is 1. The molecule has 0 aromatic rings. The number of amides is 1. The highest BCUT2D eigenvalue weighted by atomic mass is 127. The standard InChI is InChI=1S/C5H10INO/c1-4(3-6)7-5(2)8/h4H,3H2,1-2H3,(H,7,8). The predicted molar refractivity (Wildman–Crippen MR) is 42.2 cm³/mol. The van der Waals surface area contributed by atoms with Gasteiger partial charge in [0.05, 0.1) is 0 Å². The largest absolute Gasteiger partial charge is 0.353 e. The third-order valence-corrected chi connectivity index (χ3v) is 2.00. The van der Waals surface area contributed by atoms with E-state index in [2.05, 4.69) is 27.9 Å². The minimum Gasteiger partial charge on any atom is -0.353 e. The fraction of sp³-hybridized carbons (Fsp3) is 0.800. The van der Waals surface area contributed by atoms with Crippen molar-refractivity contribution >= 4 is 28.5 Å². The van der Waals surface area contributed by atoms with Crippen molar-refractivity contribution in [1.82, 2.24) is 5.32 Å². The SMILES string of the molecule is CC(=O)NC(C)CI. The molecular formula is C5H10INO. The summed E-state index contributed by atoms with van der Waals surface area (Å²) < 4.78 is 0.970. The van der Waals surface area contributed by atoms with E-state index in [1.165, 1.54) is 6.92 Å². The Bertz CT molecular complexity index is 84.5. The lowest BCUT2D eigenvalue weighted by Gasteiger charge is -2.06. The molecule has 0 spiro atoms. The molecule has 0 saturated heterocycles. The molecule has 0 aliphatic rings. The molecule has 2 nitrogen and oxygen atoms in total. The third-order valence-electron chi connectivity index (χ3n) is 0.681. The van der Waals surface area contributed by atoms with Crippen LogP contribution in [0, 0.1) is 0 Å². The Kier molecular flexibility index (Phi) is 4.22. The van der Waals surface area contributed by atoms with Gasteiger partial charge in [-0.25, -0.2) is 0 Å². The van der Waals surface area contributed by atoms with Crippen LogP contribution in [0.3, 0.4) is 0 Å².